The standard InChI is InChI=1S/C18H21NO4S/c1-22-15-5-3-14(4-6-15)18(11-12-18)13-19-24(20,21)17-9-7-16(23-2)8-10-17/h3-10,19H,11-13H2,1-2H3. The van der Waals surface area contributed by atoms with Crippen LogP contribution in [0.1, 0.15) is 18.4 Å². The number of ether oxygens (including phenoxy) is 2. The molecule has 128 valence electrons. The smallest absolute Gasteiger partial charge is 0.240 e. The van der Waals surface area contributed by atoms with E-state index in [9.17, 15) is 8.42 Å². The van der Waals surface area contributed by atoms with Gasteiger partial charge in [0.25, 0.3) is 0 Å². The normalized spacial score (nSPS) is 15.8. The molecule has 0 spiro atoms. The Morgan fingerprint density at radius 3 is 1.88 bits per heavy atom. The van der Waals surface area contributed by atoms with Gasteiger partial charge >= 0.3 is 0 Å². The van der Waals surface area contributed by atoms with E-state index in [0.29, 0.717) is 12.3 Å². The summed E-state index contributed by atoms with van der Waals surface area (Å²) in [6, 6.07) is 14.2. The third-order valence-electron chi connectivity index (χ3n) is 4.53. The highest BCUT2D eigenvalue weighted by Gasteiger charge is 2.44. The van der Waals surface area contributed by atoms with Crippen molar-refractivity contribution in [2.45, 2.75) is 23.2 Å². The quantitative estimate of drug-likeness (QED) is 0.836. The third-order valence-corrected chi connectivity index (χ3v) is 5.94. The molecule has 6 heteroatoms. The lowest BCUT2D eigenvalue weighted by Gasteiger charge is -2.17. The number of benzene rings is 2. The number of sulfonamides is 1. The predicted molar refractivity (Wildman–Crippen MR) is 92.1 cm³/mol. The highest BCUT2D eigenvalue weighted by molar-refractivity contribution is 7.89. The molecule has 0 unspecified atom stereocenters. The van der Waals surface area contributed by atoms with Crippen molar-refractivity contribution in [3.8, 4) is 11.5 Å². The van der Waals surface area contributed by atoms with E-state index in [1.165, 1.54) is 0 Å². The maximum Gasteiger partial charge on any atom is 0.240 e. The minimum absolute atomic E-state index is 0.105. The average molecular weight is 347 g/mol. The van der Waals surface area contributed by atoms with Crippen LogP contribution in [0.2, 0.25) is 0 Å². The molecule has 5 nitrogen and oxygen atoms in total. The van der Waals surface area contributed by atoms with E-state index in [4.69, 9.17) is 9.47 Å². The summed E-state index contributed by atoms with van der Waals surface area (Å²) < 4.78 is 37.9. The van der Waals surface area contributed by atoms with Crippen LogP contribution in [-0.2, 0) is 15.4 Å². The van der Waals surface area contributed by atoms with Crippen molar-refractivity contribution >= 4 is 10.0 Å². The number of nitrogens with one attached hydrogen (secondary N) is 1. The lowest BCUT2D eigenvalue weighted by Crippen LogP contribution is -2.32. The van der Waals surface area contributed by atoms with Gasteiger partial charge in [0.2, 0.25) is 10.0 Å². The molecule has 0 aromatic heterocycles. The maximum absolute atomic E-state index is 12.5. The van der Waals surface area contributed by atoms with E-state index in [1.54, 1.807) is 38.5 Å². The van der Waals surface area contributed by atoms with Crippen LogP contribution in [0, 0.1) is 0 Å². The second kappa shape index (κ2) is 6.45. The molecular weight excluding hydrogens is 326 g/mol. The Bertz CT molecular complexity index is 794. The first kappa shape index (κ1) is 16.8. The van der Waals surface area contributed by atoms with E-state index < -0.39 is 10.0 Å². The molecule has 0 radical (unpaired) electrons. The summed E-state index contributed by atoms with van der Waals surface area (Å²) in [7, 11) is -0.351. The van der Waals surface area contributed by atoms with Crippen molar-refractivity contribution in [2.24, 2.45) is 0 Å². The van der Waals surface area contributed by atoms with Crippen molar-refractivity contribution in [3.05, 3.63) is 54.1 Å². The largest absolute Gasteiger partial charge is 0.497 e. The van der Waals surface area contributed by atoms with Crippen LogP contribution in [0.15, 0.2) is 53.4 Å². The molecule has 1 aliphatic rings. The fourth-order valence-corrected chi connectivity index (χ4v) is 3.86. The molecule has 2 aromatic carbocycles. The first-order valence-electron chi connectivity index (χ1n) is 7.77. The molecule has 0 bridgehead atoms. The summed E-state index contributed by atoms with van der Waals surface area (Å²) in [6.07, 6.45) is 1.95. The van der Waals surface area contributed by atoms with Gasteiger partial charge in [-0.15, -0.1) is 0 Å². The van der Waals surface area contributed by atoms with Crippen LogP contribution in [0.25, 0.3) is 0 Å². The monoisotopic (exact) mass is 347 g/mol. The van der Waals surface area contributed by atoms with Gasteiger partial charge in [-0.25, -0.2) is 13.1 Å². The number of rotatable bonds is 7. The zero-order valence-electron chi connectivity index (χ0n) is 13.8. The molecule has 3 rings (SSSR count). The number of methoxy groups -OCH3 is 2. The SMILES string of the molecule is COc1ccc(C2(CNS(=O)(=O)c3ccc(OC)cc3)CC2)cc1. The highest BCUT2D eigenvalue weighted by atomic mass is 32.2. The van der Waals surface area contributed by atoms with Gasteiger partial charge in [-0.05, 0) is 54.8 Å². The lowest BCUT2D eigenvalue weighted by molar-refractivity contribution is 0.414. The second-order valence-corrected chi connectivity index (χ2v) is 7.78. The Morgan fingerprint density at radius 1 is 0.917 bits per heavy atom. The molecule has 1 fully saturated rings. The molecule has 0 amide bonds. The average Bonchev–Trinajstić information content (AvgIpc) is 3.41. The predicted octanol–water partition coefficient (Wildman–Crippen LogP) is 2.71. The van der Waals surface area contributed by atoms with E-state index in [-0.39, 0.29) is 10.3 Å². The molecule has 2 aromatic rings. The summed E-state index contributed by atoms with van der Waals surface area (Å²) in [5, 5.41) is 0. The molecule has 0 atom stereocenters. The van der Waals surface area contributed by atoms with Gasteiger partial charge in [-0.2, -0.15) is 0 Å². The Labute approximate surface area is 142 Å². The van der Waals surface area contributed by atoms with Crippen molar-refractivity contribution in [1.29, 1.82) is 0 Å². The Balaban J connectivity index is 1.71. The van der Waals surface area contributed by atoms with Crippen LogP contribution >= 0.6 is 0 Å². The molecule has 1 saturated carbocycles. The number of hydrogen-bond acceptors (Lipinski definition) is 4. The fraction of sp³-hybridized carbons (Fsp3) is 0.333. The highest BCUT2D eigenvalue weighted by Crippen LogP contribution is 2.48. The van der Waals surface area contributed by atoms with E-state index in [0.717, 1.165) is 24.2 Å². The minimum Gasteiger partial charge on any atom is -0.497 e. The van der Waals surface area contributed by atoms with E-state index in [2.05, 4.69) is 4.72 Å². The van der Waals surface area contributed by atoms with Gasteiger partial charge in [0.15, 0.2) is 0 Å². The maximum atomic E-state index is 12.5. The van der Waals surface area contributed by atoms with E-state index >= 15 is 0 Å². The molecule has 0 saturated heterocycles. The van der Waals surface area contributed by atoms with Gasteiger partial charge < -0.3 is 9.47 Å². The summed E-state index contributed by atoms with van der Waals surface area (Å²) in [6.45, 7) is 0.397. The van der Waals surface area contributed by atoms with Gasteiger partial charge in [-0.1, -0.05) is 12.1 Å². The Hall–Kier alpha value is -2.05. The molecular formula is C18H21NO4S. The first-order valence-corrected chi connectivity index (χ1v) is 9.26. The summed E-state index contributed by atoms with van der Waals surface area (Å²) in [5.74, 6) is 1.43. The van der Waals surface area contributed by atoms with Crippen molar-refractivity contribution < 1.29 is 17.9 Å². The van der Waals surface area contributed by atoms with E-state index in [1.807, 2.05) is 24.3 Å². The molecule has 0 aliphatic heterocycles. The fourth-order valence-electron chi connectivity index (χ4n) is 2.73. The van der Waals surface area contributed by atoms with Crippen molar-refractivity contribution in [1.82, 2.24) is 4.72 Å². The van der Waals surface area contributed by atoms with Gasteiger partial charge in [0.05, 0.1) is 19.1 Å². The summed E-state index contributed by atoms with van der Waals surface area (Å²) >= 11 is 0. The van der Waals surface area contributed by atoms with Crippen LogP contribution in [-0.4, -0.2) is 29.2 Å². The van der Waals surface area contributed by atoms with Crippen LogP contribution in [0.5, 0.6) is 11.5 Å². The second-order valence-electron chi connectivity index (χ2n) is 6.01. The zero-order chi connectivity index (χ0) is 17.2. The topological polar surface area (TPSA) is 64.6 Å². The minimum atomic E-state index is -3.53. The lowest BCUT2D eigenvalue weighted by atomic mass is 9.96. The van der Waals surface area contributed by atoms with Crippen LogP contribution < -0.4 is 14.2 Å². The molecule has 1 aliphatic carbocycles. The van der Waals surface area contributed by atoms with Gasteiger partial charge in [0.1, 0.15) is 11.5 Å². The number of hydrogen-bond donors (Lipinski definition) is 1. The van der Waals surface area contributed by atoms with Crippen molar-refractivity contribution in [2.75, 3.05) is 20.8 Å². The zero-order valence-corrected chi connectivity index (χ0v) is 14.6. The van der Waals surface area contributed by atoms with Gasteiger partial charge in [-0.3, -0.25) is 0 Å². The first-order chi connectivity index (χ1) is 11.5. The van der Waals surface area contributed by atoms with Crippen molar-refractivity contribution in [3.63, 3.8) is 0 Å². The summed E-state index contributed by atoms with van der Waals surface area (Å²) in [4.78, 5) is 0.244. The van der Waals surface area contributed by atoms with Crippen LogP contribution in [0.4, 0.5) is 0 Å². The summed E-state index contributed by atoms with van der Waals surface area (Å²) in [5.41, 5.74) is 1.03. The van der Waals surface area contributed by atoms with Gasteiger partial charge in [0, 0.05) is 12.0 Å². The molecule has 0 heterocycles. The third kappa shape index (κ3) is 3.39. The van der Waals surface area contributed by atoms with Crippen LogP contribution in [0.3, 0.4) is 0 Å². The molecule has 1 N–H and O–H groups in total. The Kier molecular flexibility index (Phi) is 4.51. The Morgan fingerprint density at radius 2 is 1.42 bits per heavy atom. The molecule has 24 heavy (non-hydrogen) atoms.